The Morgan fingerprint density at radius 3 is 2.53 bits per heavy atom. The zero-order valence-electron chi connectivity index (χ0n) is 9.36. The van der Waals surface area contributed by atoms with Gasteiger partial charge in [0.1, 0.15) is 9.23 Å². The first-order chi connectivity index (χ1) is 8.94. The van der Waals surface area contributed by atoms with Crippen LogP contribution >= 0.6 is 50.5 Å². The van der Waals surface area contributed by atoms with E-state index in [1.165, 1.54) is 6.07 Å². The Kier molecular flexibility index (Phi) is 4.79. The van der Waals surface area contributed by atoms with Crippen molar-refractivity contribution in [3.63, 3.8) is 0 Å². The van der Waals surface area contributed by atoms with Crippen LogP contribution in [0.5, 0.6) is 0 Å². The third-order valence-corrected chi connectivity index (χ3v) is 6.04. The number of anilines is 1. The summed E-state index contributed by atoms with van der Waals surface area (Å²) >= 11 is 16.0. The van der Waals surface area contributed by atoms with Gasteiger partial charge in [0.05, 0.1) is 10.0 Å². The summed E-state index contributed by atoms with van der Waals surface area (Å²) in [7, 11) is -3.73. The van der Waals surface area contributed by atoms with Crippen LogP contribution in [-0.2, 0) is 15.4 Å². The van der Waals surface area contributed by atoms with Gasteiger partial charge in [-0.15, -0.1) is 11.3 Å². The monoisotopic (exact) mass is 399 g/mol. The van der Waals surface area contributed by atoms with Gasteiger partial charge in [0.2, 0.25) is 0 Å². The van der Waals surface area contributed by atoms with Gasteiger partial charge in [-0.2, -0.15) is 0 Å². The lowest BCUT2D eigenvalue weighted by atomic mass is 10.2. The van der Waals surface area contributed by atoms with Crippen molar-refractivity contribution in [2.75, 3.05) is 4.72 Å². The van der Waals surface area contributed by atoms with Crippen molar-refractivity contribution in [2.45, 2.75) is 10.2 Å². The van der Waals surface area contributed by atoms with E-state index in [1.54, 1.807) is 12.1 Å². The molecule has 1 aromatic carbocycles. The number of para-hydroxylation sites is 1. The molecule has 0 saturated heterocycles. The normalized spacial score (nSPS) is 11.5. The van der Waals surface area contributed by atoms with Crippen LogP contribution in [0, 0.1) is 0 Å². The molecule has 8 heteroatoms. The highest BCUT2D eigenvalue weighted by atomic mass is 79.9. The van der Waals surface area contributed by atoms with E-state index in [1.807, 2.05) is 12.1 Å². The Morgan fingerprint density at radius 1 is 1.26 bits per heavy atom. The van der Waals surface area contributed by atoms with Crippen molar-refractivity contribution in [2.24, 2.45) is 0 Å². The Morgan fingerprint density at radius 2 is 1.95 bits per heavy atom. The van der Waals surface area contributed by atoms with Gasteiger partial charge in [0, 0.05) is 5.33 Å². The molecule has 0 saturated carbocycles. The second kappa shape index (κ2) is 6.01. The Hall–Kier alpha value is -0.270. The zero-order chi connectivity index (χ0) is 14.0. The number of thiophene rings is 1. The molecule has 3 nitrogen and oxygen atoms in total. The minimum absolute atomic E-state index is 0.00598. The van der Waals surface area contributed by atoms with Crippen LogP contribution < -0.4 is 4.72 Å². The molecule has 0 aliphatic rings. The molecule has 0 fully saturated rings. The molecule has 1 heterocycles. The summed E-state index contributed by atoms with van der Waals surface area (Å²) in [6, 6.07) is 8.45. The van der Waals surface area contributed by atoms with Gasteiger partial charge in [-0.3, -0.25) is 4.72 Å². The Balaban J connectivity index is 2.39. The summed E-state index contributed by atoms with van der Waals surface area (Å²) in [5, 5.41) is 0.545. The molecule has 0 aliphatic heterocycles. The first-order valence-corrected chi connectivity index (χ1v) is 9.23. The Bertz CT molecular complexity index is 700. The fourth-order valence-corrected chi connectivity index (χ4v) is 5.18. The maximum absolute atomic E-state index is 12.2. The minimum atomic E-state index is -3.73. The van der Waals surface area contributed by atoms with E-state index in [0.717, 1.165) is 16.9 Å². The summed E-state index contributed by atoms with van der Waals surface area (Å²) in [6.07, 6.45) is 0. The number of rotatable bonds is 4. The largest absolute Gasteiger partial charge is 0.279 e. The quantitative estimate of drug-likeness (QED) is 0.752. The van der Waals surface area contributed by atoms with Crippen molar-refractivity contribution in [3.8, 4) is 0 Å². The molecule has 0 aliphatic carbocycles. The number of benzene rings is 1. The van der Waals surface area contributed by atoms with E-state index in [0.29, 0.717) is 15.4 Å². The van der Waals surface area contributed by atoms with Crippen LogP contribution in [0.25, 0.3) is 0 Å². The number of alkyl halides is 1. The predicted molar refractivity (Wildman–Crippen MR) is 84.2 cm³/mol. The number of sulfonamides is 1. The number of hydrogen-bond donors (Lipinski definition) is 1. The molecule has 0 spiro atoms. The fraction of sp³-hybridized carbons (Fsp3) is 0.0909. The van der Waals surface area contributed by atoms with Gasteiger partial charge in [0.15, 0.2) is 0 Å². The standard InChI is InChI=1S/C11H8BrCl2NO2S2/c12-6-7-3-1-2-4-8(7)15-19(16,17)9-5-10(13)18-11(9)14/h1-5,15H,6H2. The molecule has 1 N–H and O–H groups in total. The van der Waals surface area contributed by atoms with Crippen LogP contribution in [-0.4, -0.2) is 8.42 Å². The summed E-state index contributed by atoms with van der Waals surface area (Å²) in [6.45, 7) is 0. The lowest BCUT2D eigenvalue weighted by Gasteiger charge is -2.10. The molecule has 0 bridgehead atoms. The van der Waals surface area contributed by atoms with Crippen LogP contribution in [0.1, 0.15) is 5.56 Å². The first-order valence-electron chi connectivity index (χ1n) is 5.05. The average Bonchev–Trinajstić information content (AvgIpc) is 2.69. The van der Waals surface area contributed by atoms with Crippen molar-refractivity contribution in [1.82, 2.24) is 0 Å². The molecule has 1 aromatic heterocycles. The Labute approximate surface area is 133 Å². The van der Waals surface area contributed by atoms with E-state index in [4.69, 9.17) is 23.2 Å². The maximum Gasteiger partial charge on any atom is 0.264 e. The van der Waals surface area contributed by atoms with Crippen molar-refractivity contribution in [1.29, 1.82) is 0 Å². The third kappa shape index (κ3) is 3.44. The first kappa shape index (κ1) is 15.1. The predicted octanol–water partition coefficient (Wildman–Crippen LogP) is 4.75. The van der Waals surface area contributed by atoms with E-state index in [2.05, 4.69) is 20.7 Å². The van der Waals surface area contributed by atoms with Crippen LogP contribution in [0.4, 0.5) is 5.69 Å². The minimum Gasteiger partial charge on any atom is -0.279 e. The number of hydrogen-bond acceptors (Lipinski definition) is 3. The molecule has 2 rings (SSSR count). The summed E-state index contributed by atoms with van der Waals surface area (Å²) in [5.74, 6) is 0. The molecule has 0 atom stereocenters. The topological polar surface area (TPSA) is 46.2 Å². The molecule has 102 valence electrons. The van der Waals surface area contributed by atoms with Gasteiger partial charge in [0.25, 0.3) is 10.0 Å². The average molecular weight is 401 g/mol. The fourth-order valence-electron chi connectivity index (χ4n) is 1.44. The summed E-state index contributed by atoms with van der Waals surface area (Å²) < 4.78 is 27.5. The smallest absolute Gasteiger partial charge is 0.264 e. The zero-order valence-corrected chi connectivity index (χ0v) is 14.1. The maximum atomic E-state index is 12.2. The van der Waals surface area contributed by atoms with Gasteiger partial charge < -0.3 is 0 Å². The van der Waals surface area contributed by atoms with Crippen LogP contribution in [0.15, 0.2) is 35.2 Å². The summed E-state index contributed by atoms with van der Waals surface area (Å²) in [4.78, 5) is -0.00598. The highest BCUT2D eigenvalue weighted by Crippen LogP contribution is 2.35. The van der Waals surface area contributed by atoms with Crippen molar-refractivity contribution >= 4 is 66.2 Å². The van der Waals surface area contributed by atoms with Crippen LogP contribution in [0.2, 0.25) is 8.67 Å². The second-order valence-corrected chi connectivity index (χ2v) is 8.08. The molecular formula is C11H8BrCl2NO2S2. The van der Waals surface area contributed by atoms with Gasteiger partial charge in [-0.1, -0.05) is 57.3 Å². The summed E-state index contributed by atoms with van der Waals surface area (Å²) in [5.41, 5.74) is 1.35. The number of nitrogens with one attached hydrogen (secondary N) is 1. The molecule has 0 unspecified atom stereocenters. The van der Waals surface area contributed by atoms with Crippen molar-refractivity contribution < 1.29 is 8.42 Å². The lowest BCUT2D eigenvalue weighted by molar-refractivity contribution is 0.601. The molecular weight excluding hydrogens is 393 g/mol. The molecule has 2 aromatic rings. The molecule has 0 radical (unpaired) electrons. The highest BCUT2D eigenvalue weighted by Gasteiger charge is 2.21. The molecule has 0 amide bonds. The SMILES string of the molecule is O=S(=O)(Nc1ccccc1CBr)c1cc(Cl)sc1Cl. The third-order valence-electron chi connectivity index (χ3n) is 2.32. The lowest BCUT2D eigenvalue weighted by Crippen LogP contribution is -2.13. The van der Waals surface area contributed by atoms with E-state index in [9.17, 15) is 8.42 Å². The van der Waals surface area contributed by atoms with Gasteiger partial charge in [-0.05, 0) is 17.7 Å². The second-order valence-electron chi connectivity index (χ2n) is 3.58. The van der Waals surface area contributed by atoms with Crippen LogP contribution in [0.3, 0.4) is 0 Å². The number of halogens is 3. The van der Waals surface area contributed by atoms with Crippen molar-refractivity contribution in [3.05, 3.63) is 44.6 Å². The highest BCUT2D eigenvalue weighted by molar-refractivity contribution is 9.08. The van der Waals surface area contributed by atoms with E-state index >= 15 is 0 Å². The van der Waals surface area contributed by atoms with E-state index < -0.39 is 10.0 Å². The molecule has 19 heavy (non-hydrogen) atoms. The van der Waals surface area contributed by atoms with Gasteiger partial charge in [-0.25, -0.2) is 8.42 Å². The van der Waals surface area contributed by atoms with E-state index in [-0.39, 0.29) is 9.23 Å². The van der Waals surface area contributed by atoms with Gasteiger partial charge >= 0.3 is 0 Å².